The molecule has 4 fully saturated rings. The molecule has 9 atom stereocenters. The Morgan fingerprint density at radius 1 is 0.690 bits per heavy atom. The van der Waals surface area contributed by atoms with Gasteiger partial charge in [0.25, 0.3) is 0 Å². The van der Waals surface area contributed by atoms with Crippen LogP contribution in [0.15, 0.2) is 60.7 Å². The molecule has 0 nitrogen and oxygen atoms in total. The Hall–Kier alpha value is 0.337. The first-order valence-corrected chi connectivity index (χ1v) is 29.0. The fourth-order valence-electron chi connectivity index (χ4n) is 10.8. The van der Waals surface area contributed by atoms with Crippen LogP contribution < -0.4 is 10.4 Å². The predicted octanol–water partition coefficient (Wildman–Crippen LogP) is 11.3. The summed E-state index contributed by atoms with van der Waals surface area (Å²) in [4.78, 5) is 0. The second-order valence-electron chi connectivity index (χ2n) is 14.3. The zero-order valence-corrected chi connectivity index (χ0v) is 33.2. The Morgan fingerprint density at radius 2 is 1.26 bits per heavy atom. The molecule has 42 heavy (non-hydrogen) atoms. The Balaban J connectivity index is 0.000000930. The second-order valence-corrected chi connectivity index (χ2v) is 31.7. The molecule has 4 aliphatic carbocycles. The van der Waals surface area contributed by atoms with E-state index < -0.39 is 36.0 Å². The molecule has 4 aliphatic rings. The summed E-state index contributed by atoms with van der Waals surface area (Å²) in [5, 5.41) is 3.64. The van der Waals surface area contributed by atoms with E-state index in [0.717, 1.165) is 40.7 Å². The van der Waals surface area contributed by atoms with Crippen molar-refractivity contribution in [3.63, 3.8) is 0 Å². The third kappa shape index (κ3) is 7.16. The molecule has 9 unspecified atom stereocenters. The number of benzene rings is 2. The fraction of sp³-hybridized carbons (Fsp3) is 0.622. The van der Waals surface area contributed by atoms with Crippen LogP contribution in [-0.4, -0.2) is 15.2 Å². The average Bonchev–Trinajstić information content (AvgIpc) is 3.75. The van der Waals surface area contributed by atoms with Crippen LogP contribution in [-0.2, 0) is 20.8 Å². The molecule has 0 heterocycles. The standard InChI is InChI=1S/C35H52Si2.2CH3.2ClH.Zr/c1-4-5-13-27-20-22-33(24-27)36(2,31-16-8-6-9-17-31)37(3,32-18-10-7-11-19-32)35-23-21-30-25-28-14-12-15-29(28)26-34(30)35;;;;;/h6-11,16-19,27-30,33-35H,4-5,12-15,20-26H2,1-3H3;2*1H3;2*1H;/q;2*-1;;;+4/p-2. The summed E-state index contributed by atoms with van der Waals surface area (Å²) in [6, 6.07) is 24.5. The molecule has 0 N–H and O–H groups in total. The van der Waals surface area contributed by atoms with E-state index >= 15 is 0 Å². The molecule has 5 heteroatoms. The van der Waals surface area contributed by atoms with Crippen LogP contribution in [0.1, 0.15) is 90.4 Å². The summed E-state index contributed by atoms with van der Waals surface area (Å²) < 4.78 is 0. The van der Waals surface area contributed by atoms with Gasteiger partial charge in [-0.25, -0.2) is 0 Å². The molecule has 0 bridgehead atoms. The number of halogens is 2. The van der Waals surface area contributed by atoms with Gasteiger partial charge in [-0.15, -0.1) is 0 Å². The van der Waals surface area contributed by atoms with Gasteiger partial charge in [-0.2, -0.15) is 0 Å². The van der Waals surface area contributed by atoms with Gasteiger partial charge < -0.3 is 14.9 Å². The summed E-state index contributed by atoms with van der Waals surface area (Å²) >= 11 is -0.826. The van der Waals surface area contributed by atoms with Crippen LogP contribution in [0.4, 0.5) is 0 Å². The maximum absolute atomic E-state index is 4.93. The molecule has 232 valence electrons. The minimum absolute atomic E-state index is 0. The van der Waals surface area contributed by atoms with Gasteiger partial charge in [-0.3, -0.25) is 0 Å². The predicted molar refractivity (Wildman–Crippen MR) is 191 cm³/mol. The van der Waals surface area contributed by atoms with Gasteiger partial charge in [0.05, 0.1) is 15.2 Å². The molecule has 2 aromatic carbocycles. The van der Waals surface area contributed by atoms with Crippen molar-refractivity contribution in [2.24, 2.45) is 29.6 Å². The van der Waals surface area contributed by atoms with E-state index in [0.29, 0.717) is 0 Å². The number of fused-ring (bicyclic) bond motifs is 2. The molecule has 2 aromatic rings. The topological polar surface area (TPSA) is 0 Å². The van der Waals surface area contributed by atoms with Crippen molar-refractivity contribution in [2.75, 3.05) is 0 Å². The molecule has 6 rings (SSSR count). The van der Waals surface area contributed by atoms with E-state index in [1.54, 1.807) is 25.7 Å². The first-order chi connectivity index (χ1) is 19.5. The van der Waals surface area contributed by atoms with E-state index in [2.05, 4.69) is 80.7 Å². The van der Waals surface area contributed by atoms with Gasteiger partial charge in [0, 0.05) is 0 Å². The van der Waals surface area contributed by atoms with Crippen LogP contribution in [0.25, 0.3) is 0 Å². The van der Waals surface area contributed by atoms with Gasteiger partial charge in [-0.05, 0) is 59.9 Å². The maximum atomic E-state index is 4.93. The number of hydrogen-bond acceptors (Lipinski definition) is 0. The number of rotatable bonds is 8. The number of hydrogen-bond donors (Lipinski definition) is 0. The zero-order chi connectivity index (χ0) is 28.2. The SMILES string of the molecule is CCCCC1CCC([Si](C)(c2ccccc2)[Si](C)(c2ccccc2)C2CCC3CC4CCCC4CC32)C1.[CH3-].[CH3-].[Cl][Zr+2][Cl]. The van der Waals surface area contributed by atoms with E-state index in [1.165, 1.54) is 57.8 Å². The van der Waals surface area contributed by atoms with E-state index in [4.69, 9.17) is 17.0 Å². The van der Waals surface area contributed by atoms with Crippen LogP contribution in [0, 0.1) is 44.4 Å². The summed E-state index contributed by atoms with van der Waals surface area (Å²) in [6.45, 7) is 8.27. The van der Waals surface area contributed by atoms with Crippen molar-refractivity contribution in [1.82, 2.24) is 0 Å². The van der Waals surface area contributed by atoms with Gasteiger partial charge in [0.1, 0.15) is 0 Å². The van der Waals surface area contributed by atoms with Crippen LogP contribution in [0.2, 0.25) is 24.2 Å². The average molecular weight is 721 g/mol. The summed E-state index contributed by atoms with van der Waals surface area (Å²) in [7, 11) is 6.24. The van der Waals surface area contributed by atoms with Crippen molar-refractivity contribution < 1.29 is 20.8 Å². The molecular weight excluding hydrogens is 663 g/mol. The molecule has 0 aliphatic heterocycles. The van der Waals surface area contributed by atoms with E-state index in [1.807, 2.05) is 10.4 Å². The van der Waals surface area contributed by atoms with Gasteiger partial charge in [0.2, 0.25) is 0 Å². The summed E-state index contributed by atoms with van der Waals surface area (Å²) in [5.74, 6) is 5.18. The van der Waals surface area contributed by atoms with Crippen molar-refractivity contribution in [3.05, 3.63) is 75.5 Å². The Morgan fingerprint density at radius 3 is 1.86 bits per heavy atom. The fourth-order valence-corrected chi connectivity index (χ4v) is 31.1. The Bertz CT molecular complexity index is 1050. The van der Waals surface area contributed by atoms with Crippen molar-refractivity contribution in [1.29, 1.82) is 0 Å². The third-order valence-electron chi connectivity index (χ3n) is 12.9. The Labute approximate surface area is 281 Å². The monoisotopic (exact) mass is 718 g/mol. The number of unbranched alkanes of at least 4 members (excludes halogenated alkanes) is 1. The summed E-state index contributed by atoms with van der Waals surface area (Å²) in [6.07, 6.45) is 19.6. The van der Waals surface area contributed by atoms with Crippen LogP contribution in [0.5, 0.6) is 0 Å². The van der Waals surface area contributed by atoms with Crippen LogP contribution in [0.3, 0.4) is 0 Å². The molecule has 4 saturated carbocycles. The molecule has 0 amide bonds. The second kappa shape index (κ2) is 16.8. The van der Waals surface area contributed by atoms with Gasteiger partial charge in [-0.1, -0.05) is 155 Å². The van der Waals surface area contributed by atoms with Crippen molar-refractivity contribution in [2.45, 2.75) is 115 Å². The minimum atomic E-state index is -1.83. The Kier molecular flexibility index (Phi) is 14.7. The summed E-state index contributed by atoms with van der Waals surface area (Å²) in [5.41, 5.74) is 1.96. The molecular formula is C37H58Cl2Si2Zr. The normalized spacial score (nSPS) is 32.4. The molecule has 0 aromatic heterocycles. The van der Waals surface area contributed by atoms with E-state index in [-0.39, 0.29) is 14.9 Å². The molecule has 0 radical (unpaired) electrons. The zero-order valence-electron chi connectivity index (χ0n) is 27.3. The first-order valence-electron chi connectivity index (χ1n) is 16.5. The quantitative estimate of drug-likeness (QED) is 0.188. The van der Waals surface area contributed by atoms with Crippen LogP contribution >= 0.6 is 17.0 Å². The molecule has 0 spiro atoms. The van der Waals surface area contributed by atoms with Crippen molar-refractivity contribution >= 4 is 42.6 Å². The van der Waals surface area contributed by atoms with Crippen molar-refractivity contribution in [3.8, 4) is 0 Å². The molecule has 0 saturated heterocycles. The third-order valence-corrected chi connectivity index (χ3v) is 33.0. The van der Waals surface area contributed by atoms with E-state index in [9.17, 15) is 0 Å². The first kappa shape index (κ1) is 36.8. The van der Waals surface area contributed by atoms with Gasteiger partial charge >= 0.3 is 37.9 Å². The van der Waals surface area contributed by atoms with Gasteiger partial charge in [0.15, 0.2) is 0 Å².